The first-order valence-electron chi connectivity index (χ1n) is 11.4. The summed E-state index contributed by atoms with van der Waals surface area (Å²) < 4.78 is 6.14. The zero-order chi connectivity index (χ0) is 23.2. The molecule has 0 saturated heterocycles. The number of amides is 1. The standard InChI is InChI=1S/C28H25N5O/c1-20-7-12-26(21(2)17-20)33-27(31-15-5-6-16-31)24-18-32(19-25(24)29-33)28(34)22-8-10-23(11-9-22)30-13-3-4-14-30/h3-17H,18-19H2,1-2H3. The van der Waals surface area contributed by atoms with Gasteiger partial charge in [0.25, 0.3) is 5.91 Å². The van der Waals surface area contributed by atoms with Crippen molar-refractivity contribution >= 4 is 5.91 Å². The molecule has 3 aromatic heterocycles. The molecule has 168 valence electrons. The van der Waals surface area contributed by atoms with E-state index in [0.29, 0.717) is 18.7 Å². The monoisotopic (exact) mass is 447 g/mol. The molecule has 0 aliphatic carbocycles. The van der Waals surface area contributed by atoms with Crippen molar-refractivity contribution in [1.82, 2.24) is 23.8 Å². The van der Waals surface area contributed by atoms with Crippen LogP contribution in [0, 0.1) is 13.8 Å². The maximum absolute atomic E-state index is 13.3. The van der Waals surface area contributed by atoms with E-state index in [-0.39, 0.29) is 5.91 Å². The second-order valence-electron chi connectivity index (χ2n) is 8.84. The van der Waals surface area contributed by atoms with Crippen LogP contribution in [0.3, 0.4) is 0 Å². The van der Waals surface area contributed by atoms with E-state index in [1.807, 2.05) is 87.5 Å². The number of aromatic nitrogens is 4. The Morgan fingerprint density at radius 3 is 2.18 bits per heavy atom. The third-order valence-electron chi connectivity index (χ3n) is 6.46. The third-order valence-corrected chi connectivity index (χ3v) is 6.46. The van der Waals surface area contributed by atoms with E-state index in [9.17, 15) is 4.79 Å². The van der Waals surface area contributed by atoms with Gasteiger partial charge in [-0.3, -0.25) is 4.79 Å². The first-order valence-corrected chi connectivity index (χ1v) is 11.4. The minimum absolute atomic E-state index is 0.0218. The minimum Gasteiger partial charge on any atom is -0.328 e. The number of hydrogen-bond acceptors (Lipinski definition) is 2. The largest absolute Gasteiger partial charge is 0.328 e. The predicted octanol–water partition coefficient (Wildman–Crippen LogP) is 5.23. The summed E-state index contributed by atoms with van der Waals surface area (Å²) >= 11 is 0. The van der Waals surface area contributed by atoms with Gasteiger partial charge in [0.05, 0.1) is 24.5 Å². The van der Waals surface area contributed by atoms with Crippen molar-refractivity contribution in [3.8, 4) is 17.2 Å². The molecule has 5 aromatic rings. The lowest BCUT2D eigenvalue weighted by Crippen LogP contribution is -2.26. The highest BCUT2D eigenvalue weighted by Gasteiger charge is 2.32. The summed E-state index contributed by atoms with van der Waals surface area (Å²) in [5.41, 5.74) is 7.21. The second kappa shape index (κ2) is 7.92. The summed E-state index contributed by atoms with van der Waals surface area (Å²) in [6.45, 7) is 5.24. The number of aryl methyl sites for hydroxylation is 2. The third kappa shape index (κ3) is 3.35. The van der Waals surface area contributed by atoms with Crippen LogP contribution >= 0.6 is 0 Å². The molecule has 0 N–H and O–H groups in total. The zero-order valence-electron chi connectivity index (χ0n) is 19.2. The zero-order valence-corrected chi connectivity index (χ0v) is 19.2. The highest BCUT2D eigenvalue weighted by Crippen LogP contribution is 2.32. The molecule has 0 spiro atoms. The fourth-order valence-electron chi connectivity index (χ4n) is 4.76. The molecule has 6 nitrogen and oxygen atoms in total. The van der Waals surface area contributed by atoms with Crippen LogP contribution in [-0.2, 0) is 13.1 Å². The van der Waals surface area contributed by atoms with Crippen LogP contribution in [0.1, 0.15) is 32.7 Å². The Kier molecular flexibility index (Phi) is 4.73. The van der Waals surface area contributed by atoms with Crippen molar-refractivity contribution in [1.29, 1.82) is 0 Å². The van der Waals surface area contributed by atoms with Crippen molar-refractivity contribution in [3.63, 3.8) is 0 Å². The highest BCUT2D eigenvalue weighted by molar-refractivity contribution is 5.94. The number of benzene rings is 2. The Hall–Kier alpha value is -4.32. The lowest BCUT2D eigenvalue weighted by Gasteiger charge is -2.18. The molecular weight excluding hydrogens is 422 g/mol. The average Bonchev–Trinajstić information content (AvgIpc) is 3.63. The van der Waals surface area contributed by atoms with Gasteiger partial charge in [-0.1, -0.05) is 17.7 Å². The van der Waals surface area contributed by atoms with E-state index in [2.05, 4.69) is 36.6 Å². The fraction of sp³-hybridized carbons (Fsp3) is 0.143. The van der Waals surface area contributed by atoms with Gasteiger partial charge in [-0.25, -0.2) is 4.68 Å². The lowest BCUT2D eigenvalue weighted by molar-refractivity contribution is 0.0749. The van der Waals surface area contributed by atoms with E-state index >= 15 is 0 Å². The number of hydrogen-bond donors (Lipinski definition) is 0. The minimum atomic E-state index is 0.0218. The van der Waals surface area contributed by atoms with Crippen LogP contribution < -0.4 is 0 Å². The second-order valence-corrected chi connectivity index (χ2v) is 8.84. The smallest absolute Gasteiger partial charge is 0.254 e. The number of fused-ring (bicyclic) bond motifs is 1. The molecule has 0 unspecified atom stereocenters. The van der Waals surface area contributed by atoms with Gasteiger partial charge in [0.15, 0.2) is 0 Å². The van der Waals surface area contributed by atoms with E-state index in [1.54, 1.807) is 0 Å². The van der Waals surface area contributed by atoms with Crippen LogP contribution in [0.2, 0.25) is 0 Å². The van der Waals surface area contributed by atoms with Crippen LogP contribution in [0.15, 0.2) is 91.5 Å². The van der Waals surface area contributed by atoms with E-state index in [1.165, 1.54) is 11.1 Å². The number of rotatable bonds is 4. The molecule has 0 radical (unpaired) electrons. The molecule has 1 aliphatic heterocycles. The topological polar surface area (TPSA) is 48.0 Å². The summed E-state index contributed by atoms with van der Waals surface area (Å²) in [6, 6.07) is 22.2. The van der Waals surface area contributed by atoms with Gasteiger partial charge in [-0.05, 0) is 74.0 Å². The highest BCUT2D eigenvalue weighted by atomic mass is 16.2. The molecule has 6 heteroatoms. The molecule has 4 heterocycles. The Morgan fingerprint density at radius 1 is 0.824 bits per heavy atom. The lowest BCUT2D eigenvalue weighted by atomic mass is 10.1. The van der Waals surface area contributed by atoms with Gasteiger partial charge in [-0.15, -0.1) is 0 Å². The summed E-state index contributed by atoms with van der Waals surface area (Å²) in [7, 11) is 0. The summed E-state index contributed by atoms with van der Waals surface area (Å²) in [5.74, 6) is 1.01. The van der Waals surface area contributed by atoms with Crippen molar-refractivity contribution in [2.45, 2.75) is 26.9 Å². The number of carbonyl (C=O) groups is 1. The van der Waals surface area contributed by atoms with Crippen molar-refractivity contribution in [3.05, 3.63) is 119 Å². The quantitative estimate of drug-likeness (QED) is 0.379. The molecule has 0 bridgehead atoms. The van der Waals surface area contributed by atoms with Crippen molar-refractivity contribution in [2.24, 2.45) is 0 Å². The maximum atomic E-state index is 13.3. The summed E-state index contributed by atoms with van der Waals surface area (Å²) in [6.07, 6.45) is 8.05. The van der Waals surface area contributed by atoms with Gasteiger partial charge >= 0.3 is 0 Å². The number of carbonyl (C=O) groups excluding carboxylic acids is 1. The van der Waals surface area contributed by atoms with Crippen molar-refractivity contribution in [2.75, 3.05) is 0 Å². The molecular formula is C28H25N5O. The van der Waals surface area contributed by atoms with E-state index in [4.69, 9.17) is 5.10 Å². The average molecular weight is 448 g/mol. The van der Waals surface area contributed by atoms with Crippen LogP contribution in [0.25, 0.3) is 17.2 Å². The maximum Gasteiger partial charge on any atom is 0.254 e. The molecule has 34 heavy (non-hydrogen) atoms. The molecule has 0 atom stereocenters. The van der Waals surface area contributed by atoms with Gasteiger partial charge in [0.1, 0.15) is 5.82 Å². The molecule has 1 amide bonds. The Balaban J connectivity index is 1.33. The Morgan fingerprint density at radius 2 is 1.50 bits per heavy atom. The fourth-order valence-corrected chi connectivity index (χ4v) is 4.76. The molecule has 1 aliphatic rings. The molecule has 0 saturated carbocycles. The van der Waals surface area contributed by atoms with Gasteiger partial charge in [0, 0.05) is 41.6 Å². The van der Waals surface area contributed by atoms with E-state index in [0.717, 1.165) is 28.5 Å². The Bertz CT molecular complexity index is 1470. The van der Waals surface area contributed by atoms with Crippen LogP contribution in [0.5, 0.6) is 0 Å². The predicted molar refractivity (Wildman–Crippen MR) is 132 cm³/mol. The van der Waals surface area contributed by atoms with Gasteiger partial charge in [-0.2, -0.15) is 5.10 Å². The summed E-state index contributed by atoms with van der Waals surface area (Å²) in [4.78, 5) is 15.2. The molecule has 0 fully saturated rings. The van der Waals surface area contributed by atoms with Crippen LogP contribution in [-0.4, -0.2) is 29.7 Å². The molecule has 6 rings (SSSR count). The molecule has 2 aromatic carbocycles. The Labute approximate surface area is 198 Å². The summed E-state index contributed by atoms with van der Waals surface area (Å²) in [5, 5.41) is 4.98. The van der Waals surface area contributed by atoms with Gasteiger partial charge in [0.2, 0.25) is 0 Å². The van der Waals surface area contributed by atoms with Crippen LogP contribution in [0.4, 0.5) is 0 Å². The normalized spacial score (nSPS) is 12.8. The first-order chi connectivity index (χ1) is 16.6. The van der Waals surface area contributed by atoms with E-state index < -0.39 is 0 Å². The SMILES string of the molecule is Cc1ccc(-n2nc3c(c2-n2cccc2)CN(C(=O)c2ccc(-n4cccc4)cc2)C3)c(C)c1. The number of nitrogens with zero attached hydrogens (tertiary/aromatic N) is 5. The van der Waals surface area contributed by atoms with Gasteiger partial charge < -0.3 is 14.0 Å². The first kappa shape index (κ1) is 20.3. The van der Waals surface area contributed by atoms with Crippen molar-refractivity contribution < 1.29 is 4.79 Å².